The number of rotatable bonds is 0. The van der Waals surface area contributed by atoms with Gasteiger partial charge in [-0.25, -0.2) is 0 Å². The van der Waals surface area contributed by atoms with Crippen molar-refractivity contribution in [1.29, 1.82) is 0 Å². The standard InChI is InChI=1S/C9H9/c1-2-5-9-7-3-6-8(9)4-1/h1-3,6-7H,4-5H2. The van der Waals surface area contributed by atoms with Crippen molar-refractivity contribution in [3.8, 4) is 0 Å². The van der Waals surface area contributed by atoms with Gasteiger partial charge in [0.2, 0.25) is 0 Å². The largest absolute Gasteiger partial charge is 0.0841 e. The fourth-order valence-electron chi connectivity index (χ4n) is 1.31. The third-order valence-corrected chi connectivity index (χ3v) is 1.85. The summed E-state index contributed by atoms with van der Waals surface area (Å²) in [5.41, 5.74) is 3.02. The van der Waals surface area contributed by atoms with E-state index in [1.54, 1.807) is 0 Å². The summed E-state index contributed by atoms with van der Waals surface area (Å²) in [5, 5.41) is 0. The van der Waals surface area contributed by atoms with E-state index in [0.29, 0.717) is 0 Å². The van der Waals surface area contributed by atoms with Gasteiger partial charge in [0.25, 0.3) is 0 Å². The van der Waals surface area contributed by atoms with Crippen LogP contribution < -0.4 is 0 Å². The Hall–Kier alpha value is -0.780. The maximum atomic E-state index is 2.24. The molecular weight excluding hydrogens is 108 g/mol. The summed E-state index contributed by atoms with van der Waals surface area (Å²) in [4.78, 5) is 0. The quantitative estimate of drug-likeness (QED) is 0.427. The topological polar surface area (TPSA) is 0 Å². The zero-order valence-corrected chi connectivity index (χ0v) is 5.30. The summed E-state index contributed by atoms with van der Waals surface area (Å²) in [7, 11) is 0. The monoisotopic (exact) mass is 117 g/mol. The van der Waals surface area contributed by atoms with Gasteiger partial charge < -0.3 is 0 Å². The van der Waals surface area contributed by atoms with Gasteiger partial charge in [0, 0.05) is 6.42 Å². The minimum Gasteiger partial charge on any atom is -0.0841 e. The van der Waals surface area contributed by atoms with Gasteiger partial charge in [-0.15, -0.1) is 0 Å². The van der Waals surface area contributed by atoms with E-state index < -0.39 is 0 Å². The molecule has 0 saturated carbocycles. The molecule has 0 aromatic rings. The van der Waals surface area contributed by atoms with Crippen molar-refractivity contribution in [3.63, 3.8) is 0 Å². The van der Waals surface area contributed by atoms with E-state index in [-0.39, 0.29) is 0 Å². The van der Waals surface area contributed by atoms with E-state index in [9.17, 15) is 0 Å². The molecule has 2 aliphatic carbocycles. The van der Waals surface area contributed by atoms with Crippen LogP contribution in [0.5, 0.6) is 0 Å². The Balaban J connectivity index is 2.28. The lowest BCUT2D eigenvalue weighted by molar-refractivity contribution is 1.11. The van der Waals surface area contributed by atoms with E-state index in [4.69, 9.17) is 0 Å². The third-order valence-electron chi connectivity index (χ3n) is 1.85. The van der Waals surface area contributed by atoms with E-state index in [0.717, 1.165) is 12.8 Å². The van der Waals surface area contributed by atoms with Gasteiger partial charge in [-0.1, -0.05) is 29.9 Å². The minimum absolute atomic E-state index is 1.14. The maximum absolute atomic E-state index is 2.24. The van der Waals surface area contributed by atoms with Gasteiger partial charge >= 0.3 is 0 Å². The van der Waals surface area contributed by atoms with Crippen molar-refractivity contribution in [2.45, 2.75) is 12.8 Å². The van der Waals surface area contributed by atoms with E-state index >= 15 is 0 Å². The van der Waals surface area contributed by atoms with Crippen LogP contribution in [0.1, 0.15) is 12.8 Å². The van der Waals surface area contributed by atoms with Crippen LogP contribution in [0.2, 0.25) is 0 Å². The molecule has 9 heavy (non-hydrogen) atoms. The SMILES string of the molecule is [CH]1C=CC2=C1CC=CC2. The number of hydrogen-bond donors (Lipinski definition) is 0. The number of hydrogen-bond acceptors (Lipinski definition) is 0. The predicted molar refractivity (Wildman–Crippen MR) is 38.8 cm³/mol. The molecule has 0 aromatic heterocycles. The van der Waals surface area contributed by atoms with Crippen molar-refractivity contribution in [3.05, 3.63) is 41.9 Å². The Bertz CT molecular complexity index is 204. The Labute approximate surface area is 55.6 Å². The fourth-order valence-corrected chi connectivity index (χ4v) is 1.31. The molecule has 0 saturated heterocycles. The summed E-state index contributed by atoms with van der Waals surface area (Å²) in [5.74, 6) is 0. The Morgan fingerprint density at radius 2 is 1.78 bits per heavy atom. The summed E-state index contributed by atoms with van der Waals surface area (Å²) in [6.45, 7) is 0. The molecule has 0 spiro atoms. The van der Waals surface area contributed by atoms with Crippen LogP contribution in [0.25, 0.3) is 0 Å². The maximum Gasteiger partial charge on any atom is 0.00897 e. The lowest BCUT2D eigenvalue weighted by Gasteiger charge is -2.05. The molecule has 2 rings (SSSR count). The molecule has 0 heterocycles. The lowest BCUT2D eigenvalue weighted by atomic mass is 10.00. The highest BCUT2D eigenvalue weighted by Crippen LogP contribution is 2.27. The predicted octanol–water partition coefficient (Wildman–Crippen LogP) is 2.41. The molecule has 0 nitrogen and oxygen atoms in total. The molecule has 1 radical (unpaired) electrons. The zero-order chi connectivity index (χ0) is 6.10. The molecule has 0 fully saturated rings. The highest BCUT2D eigenvalue weighted by molar-refractivity contribution is 5.45. The highest BCUT2D eigenvalue weighted by Gasteiger charge is 2.08. The van der Waals surface area contributed by atoms with Crippen molar-refractivity contribution in [1.82, 2.24) is 0 Å². The van der Waals surface area contributed by atoms with Crippen molar-refractivity contribution in [2.75, 3.05) is 0 Å². The van der Waals surface area contributed by atoms with Crippen LogP contribution in [0, 0.1) is 6.42 Å². The third kappa shape index (κ3) is 0.748. The van der Waals surface area contributed by atoms with Gasteiger partial charge in [-0.3, -0.25) is 0 Å². The van der Waals surface area contributed by atoms with Crippen LogP contribution in [-0.4, -0.2) is 0 Å². The van der Waals surface area contributed by atoms with E-state index in [1.165, 1.54) is 11.1 Å². The van der Waals surface area contributed by atoms with Crippen LogP contribution >= 0.6 is 0 Å². The van der Waals surface area contributed by atoms with Crippen LogP contribution in [-0.2, 0) is 0 Å². The molecule has 0 amide bonds. The minimum atomic E-state index is 1.14. The first-order valence-corrected chi connectivity index (χ1v) is 3.35. The first-order valence-electron chi connectivity index (χ1n) is 3.35. The van der Waals surface area contributed by atoms with Crippen molar-refractivity contribution in [2.24, 2.45) is 0 Å². The lowest BCUT2D eigenvalue weighted by Crippen LogP contribution is -1.87. The smallest absolute Gasteiger partial charge is 0.00897 e. The summed E-state index contributed by atoms with van der Waals surface area (Å²) in [6.07, 6.45) is 13.3. The van der Waals surface area contributed by atoms with Gasteiger partial charge in [0.05, 0.1) is 0 Å². The van der Waals surface area contributed by atoms with Crippen molar-refractivity contribution >= 4 is 0 Å². The second-order valence-corrected chi connectivity index (χ2v) is 2.46. The zero-order valence-electron chi connectivity index (χ0n) is 5.30. The molecule has 0 heteroatoms. The highest BCUT2D eigenvalue weighted by atomic mass is 14.1. The summed E-state index contributed by atoms with van der Waals surface area (Å²) >= 11 is 0. The Kier molecular flexibility index (Phi) is 1.05. The molecule has 0 bridgehead atoms. The van der Waals surface area contributed by atoms with E-state index in [2.05, 4.69) is 30.7 Å². The first kappa shape index (κ1) is 5.04. The fraction of sp³-hybridized carbons (Fsp3) is 0.222. The molecule has 0 aromatic carbocycles. The molecule has 2 aliphatic rings. The average Bonchev–Trinajstić information content (AvgIpc) is 2.33. The van der Waals surface area contributed by atoms with Crippen LogP contribution in [0.3, 0.4) is 0 Å². The van der Waals surface area contributed by atoms with Gasteiger partial charge in [-0.05, 0) is 18.4 Å². The molecule has 0 aliphatic heterocycles. The van der Waals surface area contributed by atoms with E-state index in [1.807, 2.05) is 0 Å². The Morgan fingerprint density at radius 1 is 1.00 bits per heavy atom. The summed E-state index contributed by atoms with van der Waals surface area (Å²) in [6, 6.07) is 0. The molecule has 0 unspecified atom stereocenters. The van der Waals surface area contributed by atoms with Crippen molar-refractivity contribution < 1.29 is 0 Å². The summed E-state index contributed by atoms with van der Waals surface area (Å²) < 4.78 is 0. The van der Waals surface area contributed by atoms with Gasteiger partial charge in [0.15, 0.2) is 0 Å². The normalized spacial score (nSPS) is 23.1. The molecule has 0 atom stereocenters. The van der Waals surface area contributed by atoms with Crippen LogP contribution in [0.15, 0.2) is 35.5 Å². The second kappa shape index (κ2) is 1.87. The first-order chi connectivity index (χ1) is 4.47. The second-order valence-electron chi connectivity index (χ2n) is 2.46. The molecule has 45 valence electrons. The average molecular weight is 117 g/mol. The van der Waals surface area contributed by atoms with Gasteiger partial charge in [-0.2, -0.15) is 0 Å². The Morgan fingerprint density at radius 3 is 2.56 bits per heavy atom. The van der Waals surface area contributed by atoms with Gasteiger partial charge in [0.1, 0.15) is 0 Å². The van der Waals surface area contributed by atoms with Crippen LogP contribution in [0.4, 0.5) is 0 Å². The number of allylic oxidation sites excluding steroid dienone is 6. The molecule has 0 N–H and O–H groups in total. The molecular formula is C9H9.